The lowest BCUT2D eigenvalue weighted by molar-refractivity contribution is -0.0796. The van der Waals surface area contributed by atoms with E-state index in [-0.39, 0.29) is 5.72 Å². The summed E-state index contributed by atoms with van der Waals surface area (Å²) in [4.78, 5) is 4.40. The minimum Gasteiger partial charge on any atom is -0.359 e. The van der Waals surface area contributed by atoms with E-state index in [0.717, 1.165) is 39.1 Å². The summed E-state index contributed by atoms with van der Waals surface area (Å²) in [6, 6.07) is 0. The van der Waals surface area contributed by atoms with Crippen LogP contribution in [0.2, 0.25) is 0 Å². The average Bonchev–Trinajstić information content (AvgIpc) is 2.10. The predicted molar refractivity (Wildman–Crippen MR) is 58.2 cm³/mol. The van der Waals surface area contributed by atoms with E-state index in [4.69, 9.17) is 10.5 Å². The number of rotatable bonds is 4. The summed E-state index contributed by atoms with van der Waals surface area (Å²) < 4.78 is 5.74. The molecule has 4 heteroatoms. The van der Waals surface area contributed by atoms with Crippen molar-refractivity contribution >= 4 is 0 Å². The second kappa shape index (κ2) is 5.07. The molecule has 0 radical (unpaired) electrons. The van der Waals surface area contributed by atoms with Gasteiger partial charge >= 0.3 is 0 Å². The van der Waals surface area contributed by atoms with Crippen LogP contribution in [0, 0.1) is 0 Å². The van der Waals surface area contributed by atoms with Crippen molar-refractivity contribution in [1.82, 2.24) is 9.80 Å². The van der Waals surface area contributed by atoms with Crippen molar-refractivity contribution in [3.8, 4) is 0 Å². The quantitative estimate of drug-likeness (QED) is 0.647. The Balaban J connectivity index is 2.21. The van der Waals surface area contributed by atoms with Gasteiger partial charge < -0.3 is 20.3 Å². The predicted octanol–water partition coefficient (Wildman–Crippen LogP) is -0.0548. The van der Waals surface area contributed by atoms with Crippen LogP contribution in [0.15, 0.2) is 0 Å². The molecule has 14 heavy (non-hydrogen) atoms. The molecule has 1 saturated heterocycles. The van der Waals surface area contributed by atoms with Crippen LogP contribution in [0.5, 0.6) is 0 Å². The Hall–Kier alpha value is -0.160. The molecule has 2 N–H and O–H groups in total. The Bertz CT molecular complexity index is 165. The molecule has 0 amide bonds. The molecular weight excluding hydrogens is 178 g/mol. The zero-order valence-corrected chi connectivity index (χ0v) is 9.62. The molecule has 1 aliphatic heterocycles. The maximum Gasteiger partial charge on any atom is 0.119 e. The zero-order valence-electron chi connectivity index (χ0n) is 9.62. The second-order valence-electron chi connectivity index (χ2n) is 4.52. The number of likely N-dealkylation sites (N-methyl/N-ethyl adjacent to an activating group) is 1. The first-order valence-electron chi connectivity index (χ1n) is 5.28. The Labute approximate surface area is 87.0 Å². The molecular formula is C10H23N3O. The molecule has 0 bridgehead atoms. The molecule has 0 aromatic rings. The standard InChI is InChI=1S/C10H23N3O/c1-12(2)8-9-14-10(11)4-6-13(3)7-5-10/h4-9,11H2,1-3H3. The van der Waals surface area contributed by atoms with Gasteiger partial charge in [-0.25, -0.2) is 0 Å². The Morgan fingerprint density at radius 2 is 1.93 bits per heavy atom. The highest BCUT2D eigenvalue weighted by Gasteiger charge is 2.29. The molecule has 0 aromatic heterocycles. The van der Waals surface area contributed by atoms with Gasteiger partial charge in [0.2, 0.25) is 0 Å². The lowest BCUT2D eigenvalue weighted by atomic mass is 10.0. The van der Waals surface area contributed by atoms with Gasteiger partial charge in [-0.05, 0) is 21.1 Å². The number of nitrogens with two attached hydrogens (primary N) is 1. The summed E-state index contributed by atoms with van der Waals surface area (Å²) in [5.74, 6) is 0. The normalized spacial score (nSPS) is 22.9. The van der Waals surface area contributed by atoms with Crippen molar-refractivity contribution in [3.05, 3.63) is 0 Å². The highest BCUT2D eigenvalue weighted by molar-refractivity contribution is 4.81. The van der Waals surface area contributed by atoms with Gasteiger partial charge in [-0.3, -0.25) is 0 Å². The highest BCUT2D eigenvalue weighted by Crippen LogP contribution is 2.19. The molecule has 0 unspecified atom stereocenters. The highest BCUT2D eigenvalue weighted by atomic mass is 16.5. The molecule has 1 fully saturated rings. The molecule has 4 nitrogen and oxygen atoms in total. The maximum absolute atomic E-state index is 6.14. The lowest BCUT2D eigenvalue weighted by Gasteiger charge is -2.37. The number of nitrogens with zero attached hydrogens (tertiary/aromatic N) is 2. The minimum absolute atomic E-state index is 0.372. The summed E-state index contributed by atoms with van der Waals surface area (Å²) in [7, 11) is 6.21. The van der Waals surface area contributed by atoms with Crippen molar-refractivity contribution < 1.29 is 4.74 Å². The first-order valence-corrected chi connectivity index (χ1v) is 5.28. The van der Waals surface area contributed by atoms with Crippen LogP contribution in [0.4, 0.5) is 0 Å². The second-order valence-corrected chi connectivity index (χ2v) is 4.52. The molecule has 0 aromatic carbocycles. The average molecular weight is 201 g/mol. The van der Waals surface area contributed by atoms with Gasteiger partial charge in [-0.2, -0.15) is 0 Å². The van der Waals surface area contributed by atoms with E-state index >= 15 is 0 Å². The fraction of sp³-hybridized carbons (Fsp3) is 1.00. The third-order valence-electron chi connectivity index (χ3n) is 2.76. The monoisotopic (exact) mass is 201 g/mol. The van der Waals surface area contributed by atoms with E-state index in [1.807, 2.05) is 14.1 Å². The summed E-state index contributed by atoms with van der Waals surface area (Å²) in [5, 5.41) is 0. The molecule has 1 aliphatic rings. The van der Waals surface area contributed by atoms with Crippen molar-refractivity contribution in [2.75, 3.05) is 47.4 Å². The largest absolute Gasteiger partial charge is 0.359 e. The van der Waals surface area contributed by atoms with Gasteiger partial charge in [0, 0.05) is 32.5 Å². The zero-order chi connectivity index (χ0) is 10.6. The summed E-state index contributed by atoms with van der Waals surface area (Å²) in [6.07, 6.45) is 1.88. The lowest BCUT2D eigenvalue weighted by Crippen LogP contribution is -2.52. The van der Waals surface area contributed by atoms with Gasteiger partial charge in [0.1, 0.15) is 5.72 Å². The number of piperidine rings is 1. The summed E-state index contributed by atoms with van der Waals surface area (Å²) in [6.45, 7) is 3.75. The van der Waals surface area contributed by atoms with E-state index in [1.54, 1.807) is 0 Å². The van der Waals surface area contributed by atoms with Crippen LogP contribution in [-0.4, -0.2) is 62.9 Å². The van der Waals surface area contributed by atoms with Crippen LogP contribution in [0.3, 0.4) is 0 Å². The molecule has 0 aliphatic carbocycles. The first-order chi connectivity index (χ1) is 6.52. The topological polar surface area (TPSA) is 41.7 Å². The van der Waals surface area contributed by atoms with E-state index in [2.05, 4.69) is 16.8 Å². The van der Waals surface area contributed by atoms with E-state index in [1.165, 1.54) is 0 Å². The molecule has 84 valence electrons. The number of ether oxygens (including phenoxy) is 1. The molecule has 1 heterocycles. The third-order valence-corrected chi connectivity index (χ3v) is 2.76. The molecule has 0 atom stereocenters. The van der Waals surface area contributed by atoms with Gasteiger partial charge in [0.25, 0.3) is 0 Å². The summed E-state index contributed by atoms with van der Waals surface area (Å²) in [5.41, 5.74) is 5.77. The number of likely N-dealkylation sites (tertiary alicyclic amines) is 1. The minimum atomic E-state index is -0.372. The fourth-order valence-corrected chi connectivity index (χ4v) is 1.57. The molecule has 0 saturated carbocycles. The van der Waals surface area contributed by atoms with E-state index in [9.17, 15) is 0 Å². The smallest absolute Gasteiger partial charge is 0.119 e. The van der Waals surface area contributed by atoms with Gasteiger partial charge in [-0.1, -0.05) is 0 Å². The van der Waals surface area contributed by atoms with Gasteiger partial charge in [0.05, 0.1) is 6.61 Å². The molecule has 0 spiro atoms. The van der Waals surface area contributed by atoms with E-state index in [0.29, 0.717) is 0 Å². The Morgan fingerprint density at radius 1 is 1.36 bits per heavy atom. The van der Waals surface area contributed by atoms with Crippen molar-refractivity contribution in [1.29, 1.82) is 0 Å². The maximum atomic E-state index is 6.14. The van der Waals surface area contributed by atoms with Crippen LogP contribution >= 0.6 is 0 Å². The van der Waals surface area contributed by atoms with Crippen LogP contribution in [-0.2, 0) is 4.74 Å². The number of hydrogen-bond donors (Lipinski definition) is 1. The van der Waals surface area contributed by atoms with Gasteiger partial charge in [-0.15, -0.1) is 0 Å². The van der Waals surface area contributed by atoms with Crippen molar-refractivity contribution in [3.63, 3.8) is 0 Å². The third kappa shape index (κ3) is 3.92. The SMILES string of the molecule is CN(C)CCOC1(N)CCN(C)CC1. The van der Waals surface area contributed by atoms with Crippen LogP contribution in [0.1, 0.15) is 12.8 Å². The Morgan fingerprint density at radius 3 is 2.43 bits per heavy atom. The first kappa shape index (κ1) is 11.9. The van der Waals surface area contributed by atoms with Crippen molar-refractivity contribution in [2.45, 2.75) is 18.6 Å². The van der Waals surface area contributed by atoms with Crippen molar-refractivity contribution in [2.24, 2.45) is 5.73 Å². The number of hydrogen-bond acceptors (Lipinski definition) is 4. The molecule has 1 rings (SSSR count). The van der Waals surface area contributed by atoms with Crippen LogP contribution < -0.4 is 5.73 Å². The van der Waals surface area contributed by atoms with E-state index < -0.39 is 0 Å². The van der Waals surface area contributed by atoms with Crippen LogP contribution in [0.25, 0.3) is 0 Å². The fourth-order valence-electron chi connectivity index (χ4n) is 1.57. The summed E-state index contributed by atoms with van der Waals surface area (Å²) >= 11 is 0. The van der Waals surface area contributed by atoms with Gasteiger partial charge in [0.15, 0.2) is 0 Å². The Kier molecular flexibility index (Phi) is 4.31.